The third-order valence-electron chi connectivity index (χ3n) is 2.51. The normalized spacial score (nSPS) is 10.9. The Morgan fingerprint density at radius 3 is 2.94 bits per heavy atom. The highest BCUT2D eigenvalue weighted by atomic mass is 15.2. The fourth-order valence-electron chi connectivity index (χ4n) is 1.63. The van der Waals surface area contributed by atoms with Crippen molar-refractivity contribution < 1.29 is 0 Å². The van der Waals surface area contributed by atoms with Crippen LogP contribution in [0.4, 0.5) is 0 Å². The third kappa shape index (κ3) is 2.49. The summed E-state index contributed by atoms with van der Waals surface area (Å²) in [6, 6.07) is 0. The van der Waals surface area contributed by atoms with Crippen molar-refractivity contribution in [3.05, 3.63) is 24.4 Å². The van der Waals surface area contributed by atoms with Gasteiger partial charge in [0.05, 0.1) is 18.1 Å². The molecule has 2 aromatic heterocycles. The Bertz CT molecular complexity index is 443. The number of nitrogens with zero attached hydrogens (tertiary/aromatic N) is 3. The topological polar surface area (TPSA) is 72.5 Å². The van der Waals surface area contributed by atoms with Gasteiger partial charge in [-0.2, -0.15) is 5.10 Å². The maximum atomic E-state index is 5.45. The Hall–Kier alpha value is -1.62. The highest BCUT2D eigenvalue weighted by molar-refractivity contribution is 5.55. The van der Waals surface area contributed by atoms with E-state index in [2.05, 4.69) is 15.1 Å². The summed E-state index contributed by atoms with van der Waals surface area (Å²) in [6.07, 6.45) is 8.74. The van der Waals surface area contributed by atoms with Gasteiger partial charge in [-0.1, -0.05) is 0 Å². The Kier molecular flexibility index (Phi) is 3.36. The van der Waals surface area contributed by atoms with Crippen molar-refractivity contribution in [2.75, 3.05) is 6.54 Å². The molecule has 0 aliphatic carbocycles. The highest BCUT2D eigenvalue weighted by Crippen LogP contribution is 2.15. The molecule has 2 heterocycles. The molecule has 0 radical (unpaired) electrons. The molecule has 0 aliphatic rings. The molecule has 3 N–H and O–H groups in total. The molecule has 0 spiro atoms. The highest BCUT2D eigenvalue weighted by Gasteiger charge is 2.04. The minimum atomic E-state index is 0.746. The predicted octanol–water partition coefficient (Wildman–Crippen LogP) is 1.09. The lowest BCUT2D eigenvalue weighted by Gasteiger charge is -1.95. The summed E-state index contributed by atoms with van der Waals surface area (Å²) in [5.74, 6) is 1.02. The van der Waals surface area contributed by atoms with Crippen molar-refractivity contribution >= 4 is 0 Å². The van der Waals surface area contributed by atoms with Crippen molar-refractivity contribution in [3.63, 3.8) is 0 Å². The maximum Gasteiger partial charge on any atom is 0.106 e. The molecule has 16 heavy (non-hydrogen) atoms. The lowest BCUT2D eigenvalue weighted by molar-refractivity contribution is 0.723. The van der Waals surface area contributed by atoms with Gasteiger partial charge in [0, 0.05) is 25.2 Å². The van der Waals surface area contributed by atoms with Crippen LogP contribution >= 0.6 is 0 Å². The average molecular weight is 219 g/mol. The van der Waals surface area contributed by atoms with E-state index < -0.39 is 0 Å². The molecule has 0 bridgehead atoms. The summed E-state index contributed by atoms with van der Waals surface area (Å²) >= 11 is 0. The van der Waals surface area contributed by atoms with Gasteiger partial charge in [-0.05, 0) is 19.4 Å². The number of aromatic nitrogens is 4. The Labute approximate surface area is 94.7 Å². The lowest BCUT2D eigenvalue weighted by Crippen LogP contribution is -1.99. The van der Waals surface area contributed by atoms with Crippen LogP contribution in [-0.4, -0.2) is 26.3 Å². The van der Waals surface area contributed by atoms with Crippen LogP contribution in [-0.2, 0) is 13.5 Å². The first-order valence-corrected chi connectivity index (χ1v) is 5.52. The number of aryl methyl sites for hydroxylation is 2. The standard InChI is InChI=1S/C11H17N5/c1-16-8-9(6-14-16)10-7-13-11(15-10)4-2-3-5-12/h6-8H,2-5,12H2,1H3,(H,13,15). The van der Waals surface area contributed by atoms with Crippen molar-refractivity contribution in [1.29, 1.82) is 0 Å². The number of unbranched alkanes of at least 4 members (excludes halogenated alkanes) is 1. The van der Waals surface area contributed by atoms with Gasteiger partial charge in [0.25, 0.3) is 0 Å². The van der Waals surface area contributed by atoms with Gasteiger partial charge < -0.3 is 10.7 Å². The molecule has 5 nitrogen and oxygen atoms in total. The number of nitrogens with two attached hydrogens (primary N) is 1. The average Bonchev–Trinajstić information content (AvgIpc) is 2.87. The van der Waals surface area contributed by atoms with Crippen molar-refractivity contribution in [3.8, 4) is 11.3 Å². The Morgan fingerprint density at radius 1 is 1.38 bits per heavy atom. The largest absolute Gasteiger partial charge is 0.342 e. The van der Waals surface area contributed by atoms with E-state index in [0.717, 1.165) is 42.9 Å². The number of H-pyrrole nitrogens is 1. The van der Waals surface area contributed by atoms with Crippen LogP contribution in [0.25, 0.3) is 11.3 Å². The van der Waals surface area contributed by atoms with E-state index in [4.69, 9.17) is 5.73 Å². The van der Waals surface area contributed by atoms with Gasteiger partial charge in [-0.3, -0.25) is 4.68 Å². The molecule has 0 saturated heterocycles. The molecule has 0 aromatic carbocycles. The minimum absolute atomic E-state index is 0.746. The van der Waals surface area contributed by atoms with Crippen LogP contribution in [0, 0.1) is 0 Å². The van der Waals surface area contributed by atoms with Crippen molar-refractivity contribution in [2.24, 2.45) is 12.8 Å². The molecule has 0 atom stereocenters. The second-order valence-corrected chi connectivity index (χ2v) is 3.89. The zero-order chi connectivity index (χ0) is 11.4. The van der Waals surface area contributed by atoms with Gasteiger partial charge >= 0.3 is 0 Å². The lowest BCUT2D eigenvalue weighted by atomic mass is 10.2. The molecule has 0 aliphatic heterocycles. The summed E-state index contributed by atoms with van der Waals surface area (Å²) in [5, 5.41) is 4.13. The zero-order valence-electron chi connectivity index (χ0n) is 9.48. The van der Waals surface area contributed by atoms with Crippen LogP contribution in [0.15, 0.2) is 18.6 Å². The molecule has 0 amide bonds. The van der Waals surface area contributed by atoms with E-state index in [1.807, 2.05) is 25.6 Å². The smallest absolute Gasteiger partial charge is 0.106 e. The first-order chi connectivity index (χ1) is 7.79. The van der Waals surface area contributed by atoms with Gasteiger partial charge in [-0.25, -0.2) is 4.98 Å². The summed E-state index contributed by atoms with van der Waals surface area (Å²) < 4.78 is 1.78. The molecule has 0 unspecified atom stereocenters. The van der Waals surface area contributed by atoms with Crippen molar-refractivity contribution in [1.82, 2.24) is 19.7 Å². The predicted molar refractivity (Wildman–Crippen MR) is 62.8 cm³/mol. The molecule has 2 aromatic rings. The quantitative estimate of drug-likeness (QED) is 0.739. The number of imidazole rings is 1. The monoisotopic (exact) mass is 219 g/mol. The van der Waals surface area contributed by atoms with Gasteiger partial charge in [0.1, 0.15) is 5.82 Å². The Morgan fingerprint density at radius 2 is 2.25 bits per heavy atom. The number of aromatic amines is 1. The maximum absolute atomic E-state index is 5.45. The van der Waals surface area contributed by atoms with Gasteiger partial charge in [0.15, 0.2) is 0 Å². The fraction of sp³-hybridized carbons (Fsp3) is 0.455. The van der Waals surface area contributed by atoms with E-state index in [9.17, 15) is 0 Å². The number of nitrogens with one attached hydrogen (secondary N) is 1. The molecular formula is C11H17N5. The van der Waals surface area contributed by atoms with Crippen LogP contribution in [0.2, 0.25) is 0 Å². The Balaban J connectivity index is 2.02. The molecule has 5 heteroatoms. The van der Waals surface area contributed by atoms with E-state index in [-0.39, 0.29) is 0 Å². The molecule has 0 saturated carbocycles. The number of rotatable bonds is 5. The van der Waals surface area contributed by atoms with Crippen molar-refractivity contribution in [2.45, 2.75) is 19.3 Å². The van der Waals surface area contributed by atoms with E-state index >= 15 is 0 Å². The van der Waals surface area contributed by atoms with Crippen LogP contribution < -0.4 is 5.73 Å². The zero-order valence-corrected chi connectivity index (χ0v) is 9.48. The SMILES string of the molecule is Cn1cc(-c2cnc(CCCCN)[nH]2)cn1. The van der Waals surface area contributed by atoms with E-state index in [0.29, 0.717) is 0 Å². The molecule has 2 rings (SSSR count). The molecular weight excluding hydrogens is 202 g/mol. The molecule has 0 fully saturated rings. The first kappa shape index (κ1) is 10.9. The van der Waals surface area contributed by atoms with Gasteiger partial charge in [0.2, 0.25) is 0 Å². The van der Waals surface area contributed by atoms with Crippen LogP contribution in [0.5, 0.6) is 0 Å². The fourth-order valence-corrected chi connectivity index (χ4v) is 1.63. The van der Waals surface area contributed by atoms with E-state index in [1.54, 1.807) is 4.68 Å². The summed E-state index contributed by atoms with van der Waals surface area (Å²) in [7, 11) is 1.90. The van der Waals surface area contributed by atoms with Crippen LogP contribution in [0.3, 0.4) is 0 Å². The minimum Gasteiger partial charge on any atom is -0.342 e. The number of hydrogen-bond acceptors (Lipinski definition) is 3. The third-order valence-corrected chi connectivity index (χ3v) is 2.51. The summed E-state index contributed by atoms with van der Waals surface area (Å²) in [6.45, 7) is 0.746. The molecule has 86 valence electrons. The van der Waals surface area contributed by atoms with Gasteiger partial charge in [-0.15, -0.1) is 0 Å². The van der Waals surface area contributed by atoms with Crippen LogP contribution in [0.1, 0.15) is 18.7 Å². The first-order valence-electron chi connectivity index (χ1n) is 5.52. The summed E-state index contributed by atoms with van der Waals surface area (Å²) in [5.41, 5.74) is 7.54. The summed E-state index contributed by atoms with van der Waals surface area (Å²) in [4.78, 5) is 7.64. The second kappa shape index (κ2) is 4.94. The number of hydrogen-bond donors (Lipinski definition) is 2. The van der Waals surface area contributed by atoms with E-state index in [1.165, 1.54) is 0 Å². The second-order valence-electron chi connectivity index (χ2n) is 3.89.